The van der Waals surface area contributed by atoms with Gasteiger partial charge in [0.25, 0.3) is 0 Å². The molecule has 0 aliphatic carbocycles. The summed E-state index contributed by atoms with van der Waals surface area (Å²) in [5, 5.41) is 24.9. The van der Waals surface area contributed by atoms with Gasteiger partial charge in [-0.15, -0.1) is 4.85 Å². The normalized spacial score (nSPS) is 10.7. The summed E-state index contributed by atoms with van der Waals surface area (Å²) in [7, 11) is 0. The van der Waals surface area contributed by atoms with Gasteiger partial charge in [0.05, 0.1) is 5.10 Å². The lowest BCUT2D eigenvalue weighted by atomic mass is 10.3. The summed E-state index contributed by atoms with van der Waals surface area (Å²) in [6.45, 7) is -0.410. The molecule has 0 atom stereocenters. The third kappa shape index (κ3) is 2.48. The van der Waals surface area contributed by atoms with Crippen molar-refractivity contribution < 1.29 is 19.5 Å². The fraction of sp³-hybridized carbons (Fsp3) is 0.0714. The molecule has 0 amide bonds. The van der Waals surface area contributed by atoms with Gasteiger partial charge in [-0.3, -0.25) is 0 Å². The zero-order valence-corrected chi connectivity index (χ0v) is 10.8. The average Bonchev–Trinajstić information content (AvgIpc) is 2.83. The van der Waals surface area contributed by atoms with Crippen molar-refractivity contribution in [2.24, 2.45) is 0 Å². The smallest absolute Gasteiger partial charge is 0.341 e. The highest BCUT2D eigenvalue weighted by molar-refractivity contribution is 5.70. The van der Waals surface area contributed by atoms with Gasteiger partial charge in [0, 0.05) is 0 Å². The first-order valence-electron chi connectivity index (χ1n) is 6.18. The summed E-state index contributed by atoms with van der Waals surface area (Å²) in [4.78, 5) is 12.3. The second-order valence-corrected chi connectivity index (χ2v) is 4.33. The maximum Gasteiger partial charge on any atom is 0.341 e. The summed E-state index contributed by atoms with van der Waals surface area (Å²) in [5.41, 5.74) is 1.63. The lowest BCUT2D eigenvalue weighted by Gasteiger charge is -2.05. The Hall–Kier alpha value is -3.09. The number of rotatable bonds is 4. The highest BCUT2D eigenvalue weighted by Crippen LogP contribution is 2.15. The Kier molecular flexibility index (Phi) is 3.15. The molecule has 0 fully saturated rings. The van der Waals surface area contributed by atoms with Gasteiger partial charge < -0.3 is 15.1 Å². The van der Waals surface area contributed by atoms with Crippen LogP contribution in [0.3, 0.4) is 0 Å². The van der Waals surface area contributed by atoms with Crippen LogP contribution in [0.4, 0.5) is 0 Å². The van der Waals surface area contributed by atoms with Crippen molar-refractivity contribution in [1.82, 2.24) is 9.90 Å². The van der Waals surface area contributed by atoms with Crippen molar-refractivity contribution in [2.45, 2.75) is 0 Å². The van der Waals surface area contributed by atoms with Gasteiger partial charge in [-0.2, -0.15) is 0 Å². The van der Waals surface area contributed by atoms with Crippen molar-refractivity contribution in [3.8, 4) is 11.4 Å². The SMILES string of the molecule is O=C(O)COc1ccc(-n2nc3ccccc3[n+]2[O-])cc1. The molecule has 0 aliphatic heterocycles. The molecule has 2 aromatic carbocycles. The first-order chi connectivity index (χ1) is 10.1. The fourth-order valence-electron chi connectivity index (χ4n) is 1.94. The zero-order valence-electron chi connectivity index (χ0n) is 10.8. The average molecular weight is 285 g/mol. The van der Waals surface area contributed by atoms with Gasteiger partial charge in [0.2, 0.25) is 11.0 Å². The maximum absolute atomic E-state index is 12.1. The lowest BCUT2D eigenvalue weighted by molar-refractivity contribution is -0.664. The number of carboxylic acid groups (broad SMARTS) is 1. The number of carboxylic acids is 1. The fourth-order valence-corrected chi connectivity index (χ4v) is 1.94. The largest absolute Gasteiger partial charge is 0.692 e. The highest BCUT2D eigenvalue weighted by Gasteiger charge is 2.15. The molecule has 3 rings (SSSR count). The van der Waals surface area contributed by atoms with Crippen LogP contribution < -0.4 is 9.58 Å². The number of aliphatic carboxylic acids is 1. The van der Waals surface area contributed by atoms with Gasteiger partial charge in [0.1, 0.15) is 11.4 Å². The number of hydrogen-bond acceptors (Lipinski definition) is 4. The molecule has 0 aliphatic rings. The quantitative estimate of drug-likeness (QED) is 0.573. The Morgan fingerprint density at radius 3 is 2.62 bits per heavy atom. The van der Waals surface area contributed by atoms with Crippen LogP contribution in [0.25, 0.3) is 16.7 Å². The molecule has 1 heterocycles. The van der Waals surface area contributed by atoms with Crippen molar-refractivity contribution in [1.29, 1.82) is 0 Å². The Morgan fingerprint density at radius 2 is 1.95 bits per heavy atom. The van der Waals surface area contributed by atoms with Crippen molar-refractivity contribution in [3.05, 3.63) is 53.7 Å². The molecular formula is C14H11N3O4. The minimum absolute atomic E-state index is 0.410. The summed E-state index contributed by atoms with van der Waals surface area (Å²) < 4.78 is 5.03. The van der Waals surface area contributed by atoms with E-state index in [-0.39, 0.29) is 0 Å². The van der Waals surface area contributed by atoms with E-state index >= 15 is 0 Å². The molecule has 0 saturated heterocycles. The van der Waals surface area contributed by atoms with Crippen LogP contribution in [0.2, 0.25) is 0 Å². The van der Waals surface area contributed by atoms with E-state index in [0.29, 0.717) is 27.3 Å². The van der Waals surface area contributed by atoms with Gasteiger partial charge in [-0.1, -0.05) is 12.1 Å². The predicted molar refractivity (Wildman–Crippen MR) is 73.2 cm³/mol. The number of carbonyl (C=O) groups is 1. The first kappa shape index (κ1) is 12.9. The van der Waals surface area contributed by atoms with Crippen LogP contribution in [0, 0.1) is 5.21 Å². The van der Waals surface area contributed by atoms with Crippen LogP contribution in [-0.4, -0.2) is 27.6 Å². The number of ether oxygens (including phenoxy) is 1. The van der Waals surface area contributed by atoms with E-state index in [1.54, 1.807) is 42.5 Å². The Labute approximate surface area is 119 Å². The van der Waals surface area contributed by atoms with E-state index in [4.69, 9.17) is 9.84 Å². The number of fused-ring (bicyclic) bond motifs is 1. The summed E-state index contributed by atoms with van der Waals surface area (Å²) >= 11 is 0. The molecule has 0 saturated carbocycles. The minimum atomic E-state index is -1.05. The van der Waals surface area contributed by atoms with E-state index < -0.39 is 12.6 Å². The van der Waals surface area contributed by atoms with Gasteiger partial charge in [-0.05, 0) is 41.2 Å². The molecule has 0 spiro atoms. The first-order valence-corrected chi connectivity index (χ1v) is 6.18. The molecule has 1 aromatic heterocycles. The van der Waals surface area contributed by atoms with Crippen LogP contribution in [-0.2, 0) is 4.79 Å². The van der Waals surface area contributed by atoms with E-state index in [1.165, 1.54) is 4.80 Å². The van der Waals surface area contributed by atoms with Crippen LogP contribution in [0.1, 0.15) is 0 Å². The molecule has 1 N–H and O–H groups in total. The molecule has 7 heteroatoms. The van der Waals surface area contributed by atoms with Crippen LogP contribution in [0.5, 0.6) is 5.75 Å². The van der Waals surface area contributed by atoms with Crippen LogP contribution in [0.15, 0.2) is 48.5 Å². The number of aromatic nitrogens is 3. The standard InChI is InChI=1S/C14H11N3O4/c18-14(19)9-21-11-7-5-10(6-8-11)16-15-12-3-1-2-4-13(12)17(16)20/h1-8H,9H2,(H,18,19). The van der Waals surface area contributed by atoms with Crippen molar-refractivity contribution in [3.63, 3.8) is 0 Å². The minimum Gasteiger partial charge on any atom is -0.692 e. The third-order valence-electron chi connectivity index (χ3n) is 2.89. The Balaban J connectivity index is 1.92. The molecule has 21 heavy (non-hydrogen) atoms. The molecular weight excluding hydrogens is 274 g/mol. The zero-order chi connectivity index (χ0) is 14.8. The summed E-state index contributed by atoms with van der Waals surface area (Å²) in [6.07, 6.45) is 0. The maximum atomic E-state index is 12.1. The highest BCUT2D eigenvalue weighted by atomic mass is 16.5. The molecule has 0 bridgehead atoms. The second kappa shape index (κ2) is 5.12. The number of para-hydroxylation sites is 1. The summed E-state index contributed by atoms with van der Waals surface area (Å²) in [5.74, 6) is -0.634. The van der Waals surface area contributed by atoms with Crippen molar-refractivity contribution >= 4 is 17.0 Å². The molecule has 3 aromatic rings. The number of hydrogen-bond donors (Lipinski definition) is 1. The van der Waals surface area contributed by atoms with Gasteiger partial charge >= 0.3 is 5.97 Å². The monoisotopic (exact) mass is 285 g/mol. The molecule has 0 unspecified atom stereocenters. The van der Waals surface area contributed by atoms with Gasteiger partial charge in [0.15, 0.2) is 6.61 Å². The third-order valence-corrected chi connectivity index (χ3v) is 2.89. The second-order valence-electron chi connectivity index (χ2n) is 4.33. The van der Waals surface area contributed by atoms with E-state index in [9.17, 15) is 10.0 Å². The number of benzene rings is 2. The number of nitrogens with zero attached hydrogens (tertiary/aromatic N) is 3. The molecule has 7 nitrogen and oxygen atoms in total. The van der Waals surface area contributed by atoms with Gasteiger partial charge in [-0.25, -0.2) is 4.79 Å². The van der Waals surface area contributed by atoms with E-state index in [2.05, 4.69) is 5.10 Å². The van der Waals surface area contributed by atoms with Crippen molar-refractivity contribution in [2.75, 3.05) is 6.61 Å². The lowest BCUT2D eigenvalue weighted by Crippen LogP contribution is -2.37. The predicted octanol–water partition coefficient (Wildman–Crippen LogP) is 1.12. The van der Waals surface area contributed by atoms with E-state index in [0.717, 1.165) is 0 Å². The summed E-state index contributed by atoms with van der Waals surface area (Å²) in [6, 6.07) is 13.5. The van der Waals surface area contributed by atoms with E-state index in [1.807, 2.05) is 6.07 Å². The molecule has 106 valence electrons. The van der Waals surface area contributed by atoms with Crippen LogP contribution >= 0.6 is 0 Å². The Bertz CT molecular complexity index is 796. The Morgan fingerprint density at radius 1 is 1.24 bits per heavy atom. The topological polar surface area (TPSA) is 91.3 Å². The molecule has 0 radical (unpaired) electrons.